The van der Waals surface area contributed by atoms with E-state index in [1.54, 1.807) is 13.8 Å². The number of anilines is 1. The van der Waals surface area contributed by atoms with Crippen molar-refractivity contribution in [3.05, 3.63) is 29.6 Å². The molecule has 0 bridgehead atoms. The second-order valence-corrected chi connectivity index (χ2v) is 6.11. The molecule has 0 aromatic heterocycles. The summed E-state index contributed by atoms with van der Waals surface area (Å²) in [5.74, 6) is -6.44. The first-order valence-electron chi connectivity index (χ1n) is 6.13. The van der Waals surface area contributed by atoms with Gasteiger partial charge in [-0.1, -0.05) is 13.8 Å². The van der Waals surface area contributed by atoms with Gasteiger partial charge in [-0.2, -0.15) is 0 Å². The minimum absolute atomic E-state index is 0.200. The van der Waals surface area contributed by atoms with Gasteiger partial charge in [0.25, 0.3) is 0 Å². The van der Waals surface area contributed by atoms with Crippen molar-refractivity contribution in [1.29, 1.82) is 0 Å². The fourth-order valence-electron chi connectivity index (χ4n) is 1.70. The van der Waals surface area contributed by atoms with Gasteiger partial charge in [-0.05, 0) is 0 Å². The summed E-state index contributed by atoms with van der Waals surface area (Å²) in [5.41, 5.74) is -0.355. The highest BCUT2D eigenvalue weighted by Gasteiger charge is 2.23. The first-order chi connectivity index (χ1) is 9.71. The van der Waals surface area contributed by atoms with Crippen molar-refractivity contribution < 1.29 is 26.4 Å². The minimum Gasteiger partial charge on any atom is -0.325 e. The maximum atomic E-state index is 13.0. The highest BCUT2D eigenvalue weighted by atomic mass is 32.2. The Morgan fingerprint density at radius 1 is 1.14 bits per heavy atom. The molecule has 0 aliphatic heterocycles. The van der Waals surface area contributed by atoms with Crippen LogP contribution in [0.25, 0.3) is 0 Å². The molecule has 0 aliphatic rings. The molecule has 118 valence electrons. The Kier molecular flexibility index (Phi) is 5.73. The van der Waals surface area contributed by atoms with Crippen LogP contribution in [0, 0.1) is 17.5 Å². The largest absolute Gasteiger partial charge is 0.325 e. The van der Waals surface area contributed by atoms with E-state index >= 15 is 0 Å². The Labute approximate surface area is 120 Å². The molecule has 0 radical (unpaired) electrons. The van der Waals surface area contributed by atoms with E-state index in [2.05, 4.69) is 0 Å². The molecule has 0 atom stereocenters. The lowest BCUT2D eigenvalue weighted by Gasteiger charge is -2.17. The number of nitrogens with zero attached hydrogens (tertiary/aromatic N) is 1. The summed E-state index contributed by atoms with van der Waals surface area (Å²) in [4.78, 5) is 11.6. The zero-order valence-corrected chi connectivity index (χ0v) is 12.3. The van der Waals surface area contributed by atoms with Gasteiger partial charge in [0.15, 0.2) is 17.5 Å². The summed E-state index contributed by atoms with van der Waals surface area (Å²) >= 11 is 0. The fourth-order valence-corrected chi connectivity index (χ4v) is 3.07. The van der Waals surface area contributed by atoms with Crippen LogP contribution < -0.4 is 5.32 Å². The van der Waals surface area contributed by atoms with Crippen LogP contribution in [-0.4, -0.2) is 37.5 Å². The van der Waals surface area contributed by atoms with Gasteiger partial charge in [-0.3, -0.25) is 4.79 Å². The van der Waals surface area contributed by atoms with Crippen LogP contribution in [0.5, 0.6) is 0 Å². The summed E-state index contributed by atoms with van der Waals surface area (Å²) in [5, 5.41) is 2.02. The molecular weight excluding hydrogens is 309 g/mol. The summed E-state index contributed by atoms with van der Waals surface area (Å²) in [7, 11) is -3.81. The predicted molar refractivity (Wildman–Crippen MR) is 71.7 cm³/mol. The molecule has 0 heterocycles. The standard InChI is InChI=1S/C12H15F3N2O3S/c1-3-17(4-2)21(19,20)7-11(18)16-8-5-9(13)12(15)10(14)6-8/h5-6H,3-4,7H2,1-2H3,(H,16,18). The maximum absolute atomic E-state index is 13.0. The van der Waals surface area contributed by atoms with Crippen LogP contribution in [0.3, 0.4) is 0 Å². The molecule has 0 aliphatic carbocycles. The van der Waals surface area contributed by atoms with Crippen LogP contribution in [0.2, 0.25) is 0 Å². The van der Waals surface area contributed by atoms with E-state index in [1.807, 2.05) is 5.32 Å². The third-order valence-electron chi connectivity index (χ3n) is 2.68. The van der Waals surface area contributed by atoms with E-state index < -0.39 is 39.1 Å². The van der Waals surface area contributed by atoms with E-state index in [0.717, 1.165) is 4.31 Å². The number of halogens is 3. The van der Waals surface area contributed by atoms with Crippen molar-refractivity contribution in [3.63, 3.8) is 0 Å². The number of sulfonamides is 1. The maximum Gasteiger partial charge on any atom is 0.241 e. The molecule has 1 rings (SSSR count). The number of carbonyl (C=O) groups is 1. The zero-order valence-electron chi connectivity index (χ0n) is 11.5. The van der Waals surface area contributed by atoms with Crippen LogP contribution in [0.4, 0.5) is 18.9 Å². The van der Waals surface area contributed by atoms with Gasteiger partial charge in [-0.15, -0.1) is 0 Å². The Balaban J connectivity index is 2.83. The molecule has 0 spiro atoms. The van der Waals surface area contributed by atoms with Crippen LogP contribution in [0.1, 0.15) is 13.8 Å². The molecule has 5 nitrogen and oxygen atoms in total. The lowest BCUT2D eigenvalue weighted by atomic mass is 10.3. The molecule has 1 aromatic carbocycles. The smallest absolute Gasteiger partial charge is 0.241 e. The average molecular weight is 324 g/mol. The molecule has 21 heavy (non-hydrogen) atoms. The number of rotatable bonds is 6. The van der Waals surface area contributed by atoms with Gasteiger partial charge in [0, 0.05) is 30.9 Å². The minimum atomic E-state index is -3.81. The fraction of sp³-hybridized carbons (Fsp3) is 0.417. The van der Waals surface area contributed by atoms with Crippen molar-refractivity contribution in [2.24, 2.45) is 0 Å². The highest BCUT2D eigenvalue weighted by molar-refractivity contribution is 7.89. The monoisotopic (exact) mass is 324 g/mol. The van der Waals surface area contributed by atoms with Crippen molar-refractivity contribution in [1.82, 2.24) is 4.31 Å². The second-order valence-electron chi connectivity index (χ2n) is 4.14. The van der Waals surface area contributed by atoms with Crippen LogP contribution >= 0.6 is 0 Å². The Bertz CT molecular complexity index is 608. The quantitative estimate of drug-likeness (QED) is 0.810. The van der Waals surface area contributed by atoms with Gasteiger partial charge in [0.1, 0.15) is 5.75 Å². The summed E-state index contributed by atoms with van der Waals surface area (Å²) < 4.78 is 63.5. The van der Waals surface area contributed by atoms with E-state index in [9.17, 15) is 26.4 Å². The van der Waals surface area contributed by atoms with Gasteiger partial charge in [0.05, 0.1) is 0 Å². The second kappa shape index (κ2) is 6.90. The van der Waals surface area contributed by atoms with E-state index in [0.29, 0.717) is 12.1 Å². The molecule has 0 unspecified atom stereocenters. The Morgan fingerprint density at radius 3 is 2.05 bits per heavy atom. The zero-order chi connectivity index (χ0) is 16.2. The molecule has 1 amide bonds. The number of amides is 1. The third-order valence-corrected chi connectivity index (χ3v) is 4.61. The van der Waals surface area contributed by atoms with E-state index in [-0.39, 0.29) is 18.8 Å². The number of hydrogen-bond acceptors (Lipinski definition) is 3. The van der Waals surface area contributed by atoms with Gasteiger partial charge in [-0.25, -0.2) is 25.9 Å². The van der Waals surface area contributed by atoms with Crippen molar-refractivity contribution in [2.45, 2.75) is 13.8 Å². The lowest BCUT2D eigenvalue weighted by molar-refractivity contribution is -0.113. The summed E-state index contributed by atoms with van der Waals surface area (Å²) in [6, 6.07) is 1.14. The number of nitrogens with one attached hydrogen (secondary N) is 1. The van der Waals surface area contributed by atoms with Crippen LogP contribution in [-0.2, 0) is 14.8 Å². The normalized spacial score (nSPS) is 11.7. The molecule has 0 saturated heterocycles. The number of carbonyl (C=O) groups excluding carboxylic acids is 1. The van der Waals surface area contributed by atoms with E-state index in [1.165, 1.54) is 0 Å². The molecule has 1 N–H and O–H groups in total. The summed E-state index contributed by atoms with van der Waals surface area (Å²) in [6.45, 7) is 3.63. The molecule has 0 saturated carbocycles. The SMILES string of the molecule is CCN(CC)S(=O)(=O)CC(=O)Nc1cc(F)c(F)c(F)c1. The topological polar surface area (TPSA) is 66.5 Å². The number of hydrogen-bond donors (Lipinski definition) is 1. The van der Waals surface area contributed by atoms with Crippen molar-refractivity contribution >= 4 is 21.6 Å². The molecular formula is C12H15F3N2O3S. The van der Waals surface area contributed by atoms with Gasteiger partial charge < -0.3 is 5.32 Å². The van der Waals surface area contributed by atoms with Gasteiger partial charge >= 0.3 is 0 Å². The van der Waals surface area contributed by atoms with Gasteiger partial charge in [0.2, 0.25) is 15.9 Å². The molecule has 1 aromatic rings. The highest BCUT2D eigenvalue weighted by Crippen LogP contribution is 2.17. The molecule has 0 fully saturated rings. The third kappa shape index (κ3) is 4.43. The first kappa shape index (κ1) is 17.4. The lowest BCUT2D eigenvalue weighted by Crippen LogP contribution is -2.36. The first-order valence-corrected chi connectivity index (χ1v) is 7.74. The van der Waals surface area contributed by atoms with Crippen LogP contribution in [0.15, 0.2) is 12.1 Å². The summed E-state index contributed by atoms with van der Waals surface area (Å²) in [6.07, 6.45) is 0. The molecule has 9 heteroatoms. The van der Waals surface area contributed by atoms with Crippen molar-refractivity contribution in [3.8, 4) is 0 Å². The Morgan fingerprint density at radius 2 is 1.62 bits per heavy atom. The Hall–Kier alpha value is -1.61. The average Bonchev–Trinajstić information content (AvgIpc) is 2.35. The van der Waals surface area contributed by atoms with E-state index in [4.69, 9.17) is 0 Å². The number of benzene rings is 1. The van der Waals surface area contributed by atoms with Crippen molar-refractivity contribution in [2.75, 3.05) is 24.2 Å². The predicted octanol–water partition coefficient (Wildman–Crippen LogP) is 1.71.